The summed E-state index contributed by atoms with van der Waals surface area (Å²) < 4.78 is 14.1. The van der Waals surface area contributed by atoms with Crippen LogP contribution in [0.5, 0.6) is 0 Å². The van der Waals surface area contributed by atoms with Crippen LogP contribution in [0.2, 0.25) is 0 Å². The molecule has 1 unspecified atom stereocenters. The van der Waals surface area contributed by atoms with E-state index >= 15 is 0 Å². The van der Waals surface area contributed by atoms with Gasteiger partial charge in [-0.15, -0.1) is 12.4 Å². The third-order valence-electron chi connectivity index (χ3n) is 3.15. The summed E-state index contributed by atoms with van der Waals surface area (Å²) in [5.74, 6) is -0.179. The van der Waals surface area contributed by atoms with Crippen LogP contribution in [0.1, 0.15) is 18.4 Å². The number of nitrogens with two attached hydrogens (primary N) is 1. The van der Waals surface area contributed by atoms with Crippen molar-refractivity contribution < 1.29 is 4.39 Å². The van der Waals surface area contributed by atoms with Gasteiger partial charge in [-0.05, 0) is 43.1 Å². The number of likely N-dealkylation sites (tertiary alicyclic amines) is 1. The van der Waals surface area contributed by atoms with Crippen molar-refractivity contribution in [2.45, 2.75) is 25.4 Å². The van der Waals surface area contributed by atoms with Gasteiger partial charge in [0.05, 0.1) is 0 Å². The fraction of sp³-hybridized carbons (Fsp3) is 0.500. The molecular weight excluding hydrogens is 307 g/mol. The van der Waals surface area contributed by atoms with E-state index in [0.29, 0.717) is 12.6 Å². The van der Waals surface area contributed by atoms with Crippen LogP contribution in [0.4, 0.5) is 4.39 Å². The van der Waals surface area contributed by atoms with E-state index in [0.717, 1.165) is 29.5 Å². The van der Waals surface area contributed by atoms with Crippen molar-refractivity contribution in [2.75, 3.05) is 13.1 Å². The Hall–Kier alpha value is -0.160. The van der Waals surface area contributed by atoms with Crippen molar-refractivity contribution in [1.82, 2.24) is 4.90 Å². The summed E-state index contributed by atoms with van der Waals surface area (Å²) >= 11 is 3.45. The van der Waals surface area contributed by atoms with Crippen LogP contribution in [0.3, 0.4) is 0 Å². The molecular formula is C12H17BrClFN2. The summed E-state index contributed by atoms with van der Waals surface area (Å²) in [7, 11) is 0. The molecule has 1 aliphatic heterocycles. The van der Waals surface area contributed by atoms with Gasteiger partial charge in [-0.3, -0.25) is 4.90 Å². The lowest BCUT2D eigenvalue weighted by Crippen LogP contribution is -2.34. The Morgan fingerprint density at radius 1 is 1.47 bits per heavy atom. The summed E-state index contributed by atoms with van der Waals surface area (Å²) in [5.41, 5.74) is 6.72. The minimum absolute atomic E-state index is 0. The highest BCUT2D eigenvalue weighted by Crippen LogP contribution is 2.24. The van der Waals surface area contributed by atoms with E-state index in [9.17, 15) is 4.39 Å². The van der Waals surface area contributed by atoms with Crippen molar-refractivity contribution in [3.05, 3.63) is 34.1 Å². The van der Waals surface area contributed by atoms with Crippen LogP contribution in [0, 0.1) is 5.82 Å². The predicted molar refractivity (Wildman–Crippen MR) is 73.8 cm³/mol. The highest BCUT2D eigenvalue weighted by atomic mass is 79.9. The first-order valence-corrected chi connectivity index (χ1v) is 6.38. The van der Waals surface area contributed by atoms with Crippen molar-refractivity contribution in [2.24, 2.45) is 5.73 Å². The Labute approximate surface area is 116 Å². The van der Waals surface area contributed by atoms with Crippen LogP contribution in [0.25, 0.3) is 0 Å². The molecule has 0 aliphatic carbocycles. The predicted octanol–water partition coefficient (Wildman–Crippen LogP) is 2.93. The third kappa shape index (κ3) is 3.65. The second kappa shape index (κ2) is 6.69. The van der Waals surface area contributed by atoms with Gasteiger partial charge >= 0.3 is 0 Å². The highest BCUT2D eigenvalue weighted by molar-refractivity contribution is 9.10. The maximum atomic E-state index is 13.1. The minimum atomic E-state index is -0.179. The second-order valence-electron chi connectivity index (χ2n) is 4.24. The first-order valence-electron chi connectivity index (χ1n) is 5.58. The molecule has 17 heavy (non-hydrogen) atoms. The zero-order valence-electron chi connectivity index (χ0n) is 9.53. The summed E-state index contributed by atoms with van der Waals surface area (Å²) in [4.78, 5) is 2.33. The molecule has 1 atom stereocenters. The second-order valence-corrected chi connectivity index (χ2v) is 5.09. The van der Waals surface area contributed by atoms with E-state index in [1.807, 2.05) is 0 Å². The van der Waals surface area contributed by atoms with Gasteiger partial charge in [0.15, 0.2) is 0 Å². The molecule has 2 rings (SSSR count). The number of hydrogen-bond donors (Lipinski definition) is 1. The lowest BCUT2D eigenvalue weighted by atomic mass is 10.2. The van der Waals surface area contributed by atoms with E-state index in [1.54, 1.807) is 12.1 Å². The van der Waals surface area contributed by atoms with Gasteiger partial charge in [0, 0.05) is 23.6 Å². The molecule has 0 saturated carbocycles. The van der Waals surface area contributed by atoms with Gasteiger partial charge in [0.1, 0.15) is 5.82 Å². The van der Waals surface area contributed by atoms with Gasteiger partial charge in [0.25, 0.3) is 0 Å². The standard InChI is InChI=1S/C12H16BrFN2.ClH/c13-12-4-3-10(14)6-9(12)8-16-5-1-2-11(16)7-15;/h3-4,6,11H,1-2,5,7-8,15H2;1H. The van der Waals surface area contributed by atoms with Gasteiger partial charge in [0.2, 0.25) is 0 Å². The van der Waals surface area contributed by atoms with Crippen LogP contribution >= 0.6 is 28.3 Å². The topological polar surface area (TPSA) is 29.3 Å². The van der Waals surface area contributed by atoms with Crippen molar-refractivity contribution in [1.29, 1.82) is 0 Å². The molecule has 0 amide bonds. The molecule has 2 nitrogen and oxygen atoms in total. The van der Waals surface area contributed by atoms with E-state index in [1.165, 1.54) is 12.5 Å². The molecule has 1 aliphatic rings. The average Bonchev–Trinajstić information content (AvgIpc) is 2.71. The first-order chi connectivity index (χ1) is 7.70. The normalized spacial score (nSPS) is 20.3. The van der Waals surface area contributed by atoms with E-state index in [4.69, 9.17) is 5.73 Å². The van der Waals surface area contributed by atoms with E-state index < -0.39 is 0 Å². The number of halogens is 3. The van der Waals surface area contributed by atoms with Gasteiger partial charge in [-0.2, -0.15) is 0 Å². The molecule has 0 spiro atoms. The lowest BCUT2D eigenvalue weighted by Gasteiger charge is -2.23. The molecule has 0 bridgehead atoms. The summed E-state index contributed by atoms with van der Waals surface area (Å²) in [5, 5.41) is 0. The van der Waals surface area contributed by atoms with Gasteiger partial charge in [-0.25, -0.2) is 4.39 Å². The zero-order valence-corrected chi connectivity index (χ0v) is 11.9. The highest BCUT2D eigenvalue weighted by Gasteiger charge is 2.23. The van der Waals surface area contributed by atoms with E-state index in [2.05, 4.69) is 20.8 Å². The minimum Gasteiger partial charge on any atom is -0.329 e. The molecule has 5 heteroatoms. The first kappa shape index (κ1) is 14.9. The summed E-state index contributed by atoms with van der Waals surface area (Å²) in [6.07, 6.45) is 2.35. The maximum absolute atomic E-state index is 13.1. The lowest BCUT2D eigenvalue weighted by molar-refractivity contribution is 0.249. The largest absolute Gasteiger partial charge is 0.329 e. The molecule has 96 valence electrons. The SMILES string of the molecule is Cl.NCC1CCCN1Cc1cc(F)ccc1Br. The Morgan fingerprint density at radius 2 is 2.24 bits per heavy atom. The Balaban J connectivity index is 0.00000144. The van der Waals surface area contributed by atoms with E-state index in [-0.39, 0.29) is 18.2 Å². The monoisotopic (exact) mass is 322 g/mol. The molecule has 1 aromatic carbocycles. The van der Waals surface area contributed by atoms with Crippen molar-refractivity contribution in [3.8, 4) is 0 Å². The van der Waals surface area contributed by atoms with Crippen molar-refractivity contribution >= 4 is 28.3 Å². The summed E-state index contributed by atoms with van der Waals surface area (Å²) in [6, 6.07) is 5.28. The maximum Gasteiger partial charge on any atom is 0.123 e. The Bertz CT molecular complexity index is 376. The van der Waals surface area contributed by atoms with Crippen LogP contribution in [-0.4, -0.2) is 24.0 Å². The Morgan fingerprint density at radius 3 is 2.94 bits per heavy atom. The molecule has 1 aromatic rings. The quantitative estimate of drug-likeness (QED) is 0.927. The number of nitrogens with zero attached hydrogens (tertiary/aromatic N) is 1. The van der Waals surface area contributed by atoms with Crippen molar-refractivity contribution in [3.63, 3.8) is 0 Å². The average molecular weight is 324 g/mol. The molecule has 1 saturated heterocycles. The summed E-state index contributed by atoms with van der Waals surface area (Å²) in [6.45, 7) is 2.53. The smallest absolute Gasteiger partial charge is 0.123 e. The number of rotatable bonds is 3. The molecule has 1 fully saturated rings. The molecule has 2 N–H and O–H groups in total. The fourth-order valence-electron chi connectivity index (χ4n) is 2.25. The molecule has 1 heterocycles. The number of hydrogen-bond acceptors (Lipinski definition) is 2. The zero-order chi connectivity index (χ0) is 11.5. The van der Waals surface area contributed by atoms with Crippen LogP contribution in [0.15, 0.2) is 22.7 Å². The van der Waals surface area contributed by atoms with Crippen LogP contribution < -0.4 is 5.73 Å². The third-order valence-corrected chi connectivity index (χ3v) is 3.93. The number of benzene rings is 1. The fourth-order valence-corrected chi connectivity index (χ4v) is 2.63. The Kier molecular flexibility index (Phi) is 5.86. The molecule has 0 radical (unpaired) electrons. The molecule has 0 aromatic heterocycles. The van der Waals surface area contributed by atoms with Gasteiger partial charge < -0.3 is 5.73 Å². The van der Waals surface area contributed by atoms with Gasteiger partial charge in [-0.1, -0.05) is 15.9 Å². The van der Waals surface area contributed by atoms with Crippen LogP contribution in [-0.2, 0) is 6.54 Å².